The van der Waals surface area contributed by atoms with Crippen LogP contribution in [-0.4, -0.2) is 69.3 Å². The van der Waals surface area contributed by atoms with Crippen molar-refractivity contribution in [2.24, 2.45) is 5.92 Å². The molecule has 0 radical (unpaired) electrons. The van der Waals surface area contributed by atoms with E-state index in [1.165, 1.54) is 25.5 Å². The van der Waals surface area contributed by atoms with Gasteiger partial charge in [-0.05, 0) is 31.6 Å². The summed E-state index contributed by atoms with van der Waals surface area (Å²) >= 11 is 0. The van der Waals surface area contributed by atoms with Gasteiger partial charge in [0.15, 0.2) is 0 Å². The van der Waals surface area contributed by atoms with Gasteiger partial charge in [0.05, 0.1) is 6.10 Å². The number of aromatic nitrogens is 2. The maximum atomic E-state index is 12.0. The van der Waals surface area contributed by atoms with Crippen molar-refractivity contribution >= 4 is 17.8 Å². The van der Waals surface area contributed by atoms with Crippen molar-refractivity contribution in [3.63, 3.8) is 0 Å². The second kappa shape index (κ2) is 11.4. The minimum Gasteiger partial charge on any atom is -0.481 e. The number of hydrogen-bond acceptors (Lipinski definition) is 7. The zero-order valence-electron chi connectivity index (χ0n) is 17.5. The van der Waals surface area contributed by atoms with Crippen LogP contribution >= 0.6 is 0 Å². The minimum absolute atomic E-state index is 0.304. The number of hydrogen-bond donors (Lipinski definition) is 4. The lowest BCUT2D eigenvalue weighted by atomic mass is 9.77. The van der Waals surface area contributed by atoms with Crippen LogP contribution in [0.1, 0.15) is 50.6 Å². The largest absolute Gasteiger partial charge is 0.490 e. The van der Waals surface area contributed by atoms with E-state index in [9.17, 15) is 28.2 Å². The van der Waals surface area contributed by atoms with E-state index in [1.54, 1.807) is 6.20 Å². The maximum absolute atomic E-state index is 12.0. The Morgan fingerprint density at radius 1 is 1.12 bits per heavy atom. The zero-order valence-corrected chi connectivity index (χ0v) is 17.5. The lowest BCUT2D eigenvalue weighted by Gasteiger charge is -2.33. The maximum Gasteiger partial charge on any atom is 0.490 e. The summed E-state index contributed by atoms with van der Waals surface area (Å²) in [5.41, 5.74) is -0.633. The molecule has 0 aromatic carbocycles. The van der Waals surface area contributed by atoms with Gasteiger partial charge in [-0.3, -0.25) is 9.78 Å². The average molecular weight is 463 g/mol. The van der Waals surface area contributed by atoms with E-state index >= 15 is 0 Å². The molecule has 2 heterocycles. The first-order chi connectivity index (χ1) is 15.1. The number of carboxylic acid groups (broad SMARTS) is 2. The summed E-state index contributed by atoms with van der Waals surface area (Å²) < 4.78 is 37.1. The first-order valence-electron chi connectivity index (χ1n) is 10.4. The Morgan fingerprint density at radius 3 is 2.22 bits per heavy atom. The molecule has 1 saturated carbocycles. The molecule has 3 rings (SSSR count). The fourth-order valence-electron chi connectivity index (χ4n) is 3.98. The molecule has 180 valence electrons. The number of anilines is 1. The van der Waals surface area contributed by atoms with Gasteiger partial charge in [-0.15, -0.1) is 0 Å². The molecule has 1 atom stereocenters. The molecule has 4 N–H and O–H groups in total. The number of carbonyl (C=O) groups is 2. The summed E-state index contributed by atoms with van der Waals surface area (Å²) in [5, 5.41) is 30.6. The number of carboxylic acids is 2. The van der Waals surface area contributed by atoms with Crippen molar-refractivity contribution in [2.45, 2.75) is 62.6 Å². The van der Waals surface area contributed by atoms with Crippen molar-refractivity contribution in [1.82, 2.24) is 9.97 Å². The number of halogens is 3. The van der Waals surface area contributed by atoms with Gasteiger partial charge in [0.25, 0.3) is 0 Å². The molecule has 1 unspecified atom stereocenters. The molecule has 32 heavy (non-hydrogen) atoms. The molecule has 2 aliphatic rings. The van der Waals surface area contributed by atoms with E-state index in [-0.39, 0.29) is 0 Å². The van der Waals surface area contributed by atoms with Gasteiger partial charge in [0.1, 0.15) is 16.9 Å². The summed E-state index contributed by atoms with van der Waals surface area (Å²) in [6.07, 6.45) is 3.97. The first kappa shape index (κ1) is 25.8. The van der Waals surface area contributed by atoms with E-state index in [0.29, 0.717) is 50.0 Å². The molecule has 0 spiro atoms. The quantitative estimate of drug-likeness (QED) is 0.501. The third-order valence-corrected chi connectivity index (χ3v) is 5.82. The SMILES string of the molecule is O=C(O)C(F)(F)F.O=C(O)C1(c2nccnc2NCC(O)C2CCCCC2)CCOCC1. The lowest BCUT2D eigenvalue weighted by Crippen LogP contribution is -2.43. The van der Waals surface area contributed by atoms with Crippen LogP contribution in [0.4, 0.5) is 19.0 Å². The number of rotatable bonds is 6. The highest BCUT2D eigenvalue weighted by molar-refractivity contribution is 5.82. The van der Waals surface area contributed by atoms with E-state index in [1.807, 2.05) is 0 Å². The van der Waals surface area contributed by atoms with E-state index < -0.39 is 29.6 Å². The third kappa shape index (κ3) is 6.76. The topological polar surface area (TPSA) is 142 Å². The third-order valence-electron chi connectivity index (χ3n) is 5.82. The average Bonchev–Trinajstić information content (AvgIpc) is 2.78. The molecular weight excluding hydrogens is 435 g/mol. The Hall–Kier alpha value is -2.47. The Kier molecular flexibility index (Phi) is 9.20. The second-order valence-corrected chi connectivity index (χ2v) is 7.90. The van der Waals surface area contributed by atoms with Crippen molar-refractivity contribution in [3.05, 3.63) is 18.1 Å². The molecule has 12 heteroatoms. The molecule has 0 bridgehead atoms. The molecule has 1 aliphatic heterocycles. The Bertz CT molecular complexity index is 765. The number of ether oxygens (including phenoxy) is 1. The smallest absolute Gasteiger partial charge is 0.481 e. The lowest BCUT2D eigenvalue weighted by molar-refractivity contribution is -0.192. The van der Waals surface area contributed by atoms with Crippen LogP contribution in [0.25, 0.3) is 0 Å². The molecule has 9 nitrogen and oxygen atoms in total. The molecule has 1 aromatic heterocycles. The van der Waals surface area contributed by atoms with Crippen LogP contribution in [0.5, 0.6) is 0 Å². The van der Waals surface area contributed by atoms with Crippen LogP contribution in [0.2, 0.25) is 0 Å². The van der Waals surface area contributed by atoms with Crippen molar-refractivity contribution in [2.75, 3.05) is 25.1 Å². The zero-order chi connectivity index (χ0) is 23.8. The monoisotopic (exact) mass is 463 g/mol. The summed E-state index contributed by atoms with van der Waals surface area (Å²) in [6, 6.07) is 0. The van der Waals surface area contributed by atoms with Crippen molar-refractivity contribution in [1.29, 1.82) is 0 Å². The van der Waals surface area contributed by atoms with Gasteiger partial charge in [0, 0.05) is 32.2 Å². The molecule has 1 saturated heterocycles. The fraction of sp³-hybridized carbons (Fsp3) is 0.700. The van der Waals surface area contributed by atoms with Crippen LogP contribution in [0.3, 0.4) is 0 Å². The second-order valence-electron chi connectivity index (χ2n) is 7.90. The molecular formula is C20H28F3N3O6. The van der Waals surface area contributed by atoms with Crippen molar-refractivity contribution < 1.29 is 42.8 Å². The Morgan fingerprint density at radius 2 is 1.69 bits per heavy atom. The van der Waals surface area contributed by atoms with E-state index in [2.05, 4.69) is 15.3 Å². The summed E-state index contributed by atoms with van der Waals surface area (Å²) in [7, 11) is 0. The van der Waals surface area contributed by atoms with Gasteiger partial charge >= 0.3 is 18.1 Å². The van der Waals surface area contributed by atoms with Gasteiger partial charge < -0.3 is 25.4 Å². The number of aliphatic hydroxyl groups is 1. The first-order valence-corrected chi connectivity index (χ1v) is 10.4. The highest BCUT2D eigenvalue weighted by atomic mass is 19.4. The van der Waals surface area contributed by atoms with Gasteiger partial charge in [0.2, 0.25) is 0 Å². The molecule has 0 amide bonds. The van der Waals surface area contributed by atoms with Gasteiger partial charge in [-0.1, -0.05) is 19.3 Å². The number of aliphatic carboxylic acids is 2. The van der Waals surface area contributed by atoms with Crippen LogP contribution < -0.4 is 5.32 Å². The van der Waals surface area contributed by atoms with Crippen LogP contribution in [0.15, 0.2) is 12.4 Å². The summed E-state index contributed by atoms with van der Waals surface area (Å²) in [4.78, 5) is 29.6. The fourth-order valence-corrected chi connectivity index (χ4v) is 3.98. The summed E-state index contributed by atoms with van der Waals surface area (Å²) in [6.45, 7) is 1.16. The predicted molar refractivity (Wildman–Crippen MR) is 106 cm³/mol. The van der Waals surface area contributed by atoms with Gasteiger partial charge in [-0.2, -0.15) is 13.2 Å². The molecule has 1 aromatic rings. The highest BCUT2D eigenvalue weighted by Gasteiger charge is 2.45. The summed E-state index contributed by atoms with van der Waals surface area (Å²) in [5.74, 6) is -2.89. The van der Waals surface area contributed by atoms with Gasteiger partial charge in [-0.25, -0.2) is 9.78 Å². The Balaban J connectivity index is 0.000000451. The van der Waals surface area contributed by atoms with E-state index in [4.69, 9.17) is 14.6 Å². The predicted octanol–water partition coefficient (Wildman–Crippen LogP) is 2.60. The number of nitrogens with one attached hydrogen (secondary N) is 1. The van der Waals surface area contributed by atoms with Crippen LogP contribution in [-0.2, 0) is 19.7 Å². The van der Waals surface area contributed by atoms with Crippen LogP contribution in [0, 0.1) is 5.92 Å². The van der Waals surface area contributed by atoms with Crippen molar-refractivity contribution in [3.8, 4) is 0 Å². The number of aliphatic hydroxyl groups excluding tert-OH is 1. The van der Waals surface area contributed by atoms with E-state index in [0.717, 1.165) is 12.8 Å². The number of nitrogens with zero attached hydrogens (tertiary/aromatic N) is 2. The molecule has 1 aliphatic carbocycles. The molecule has 2 fully saturated rings. The number of alkyl halides is 3. The highest BCUT2D eigenvalue weighted by Crippen LogP contribution is 2.37. The minimum atomic E-state index is -5.08. The normalized spacial score (nSPS) is 19.9. The Labute approximate surface area is 183 Å². The standard InChI is InChI=1S/C18H27N3O4.C2HF3O2/c22-14(13-4-2-1-3-5-13)12-21-16-15(19-8-9-20-16)18(17(23)24)6-10-25-11-7-18;3-2(4,5)1(6)7/h8-9,13-14,22H,1-7,10-12H2,(H,20,21)(H,23,24);(H,6,7).